The third-order valence-electron chi connectivity index (χ3n) is 9.91. The molecule has 0 saturated heterocycles. The van der Waals surface area contributed by atoms with Gasteiger partial charge in [-0.15, -0.1) is 0 Å². The first kappa shape index (κ1) is 43.7. The SMILES string of the molecule is Cc1nc2ccc(N)cc2c(=O)n1C(Cc1ccccc1)c1ccccc1.Cc1nc2ccc([N+](=O)[O-])cc2c(=O)n1C(Cc1ccccc1)c1ccccc1.[CH3][SnH]([Cl])[Cl]. The van der Waals surface area contributed by atoms with Crippen molar-refractivity contribution in [3.05, 3.63) is 222 Å². The fourth-order valence-electron chi connectivity index (χ4n) is 7.21. The van der Waals surface area contributed by atoms with Crippen LogP contribution in [0.3, 0.4) is 0 Å². The summed E-state index contributed by atoms with van der Waals surface area (Å²) in [5, 5.41) is 12.0. The zero-order chi connectivity index (χ0) is 42.8. The second kappa shape index (κ2) is 20.4. The van der Waals surface area contributed by atoms with Crippen LogP contribution >= 0.6 is 17.8 Å². The van der Waals surface area contributed by atoms with E-state index in [1.54, 1.807) is 34.3 Å². The zero-order valence-electron chi connectivity index (χ0n) is 33.4. The number of anilines is 1. The van der Waals surface area contributed by atoms with Gasteiger partial charge in [0.25, 0.3) is 16.8 Å². The average Bonchev–Trinajstić information content (AvgIpc) is 3.24. The Morgan fingerprint density at radius 2 is 0.983 bits per heavy atom. The average molecular weight is 947 g/mol. The number of nitro groups is 1. The monoisotopic (exact) mass is 946 g/mol. The van der Waals surface area contributed by atoms with E-state index in [0.717, 1.165) is 16.7 Å². The Bertz CT molecular complexity index is 2820. The summed E-state index contributed by atoms with van der Waals surface area (Å²) in [5.74, 6) is 1.27. The molecule has 2 N–H and O–H groups in total. The summed E-state index contributed by atoms with van der Waals surface area (Å²) in [7, 11) is 10.5. The normalized spacial score (nSPS) is 11.9. The van der Waals surface area contributed by atoms with Crippen LogP contribution < -0.4 is 16.9 Å². The molecule has 6 aromatic carbocycles. The number of nitrogens with two attached hydrogens (primary N) is 1. The maximum absolute atomic E-state index is 13.4. The van der Waals surface area contributed by atoms with E-state index in [0.29, 0.717) is 46.6 Å². The van der Waals surface area contributed by atoms with E-state index >= 15 is 0 Å². The van der Waals surface area contributed by atoms with Gasteiger partial charge in [0.15, 0.2) is 0 Å². The fraction of sp³-hybridized carbons (Fsp3) is 0.149. The van der Waals surface area contributed by atoms with Crippen molar-refractivity contribution < 1.29 is 4.92 Å². The van der Waals surface area contributed by atoms with Crippen LogP contribution in [0.25, 0.3) is 21.8 Å². The quantitative estimate of drug-likeness (QED) is 0.0658. The van der Waals surface area contributed by atoms with Gasteiger partial charge in [-0.2, -0.15) is 0 Å². The molecule has 60 heavy (non-hydrogen) atoms. The van der Waals surface area contributed by atoms with Gasteiger partial charge in [-0.25, -0.2) is 9.97 Å². The minimum atomic E-state index is -1.69. The molecule has 8 aromatic rings. The van der Waals surface area contributed by atoms with Crippen LogP contribution in [-0.2, 0) is 12.8 Å². The first-order valence-corrected chi connectivity index (χ1v) is 31.0. The van der Waals surface area contributed by atoms with Crippen molar-refractivity contribution in [1.29, 1.82) is 0 Å². The minimum absolute atomic E-state index is 0.0606. The number of halogens is 2. The molecule has 0 amide bonds. The van der Waals surface area contributed by atoms with Crippen LogP contribution in [0.4, 0.5) is 11.4 Å². The van der Waals surface area contributed by atoms with Gasteiger partial charge in [-0.05, 0) is 73.2 Å². The van der Waals surface area contributed by atoms with Crippen molar-refractivity contribution in [3.8, 4) is 0 Å². The summed E-state index contributed by atoms with van der Waals surface area (Å²) in [6.45, 7) is 3.68. The number of fused-ring (bicyclic) bond motifs is 2. The number of aromatic nitrogens is 4. The molecule has 2 unspecified atom stereocenters. The van der Waals surface area contributed by atoms with E-state index in [2.05, 4.69) is 34.2 Å². The van der Waals surface area contributed by atoms with Gasteiger partial charge in [0.2, 0.25) is 0 Å². The second-order valence-electron chi connectivity index (χ2n) is 14.2. The van der Waals surface area contributed by atoms with Gasteiger partial charge in [-0.1, -0.05) is 121 Å². The molecule has 0 saturated carbocycles. The van der Waals surface area contributed by atoms with Crippen molar-refractivity contribution in [3.63, 3.8) is 0 Å². The molecule has 10 nitrogen and oxygen atoms in total. The van der Waals surface area contributed by atoms with E-state index < -0.39 is 22.4 Å². The Balaban J connectivity index is 0.000000185. The van der Waals surface area contributed by atoms with Crippen molar-refractivity contribution in [1.82, 2.24) is 19.1 Å². The van der Waals surface area contributed by atoms with Gasteiger partial charge < -0.3 is 5.73 Å². The van der Waals surface area contributed by atoms with Crippen molar-refractivity contribution in [2.24, 2.45) is 0 Å². The fourth-order valence-corrected chi connectivity index (χ4v) is 7.21. The molecule has 2 heterocycles. The number of rotatable bonds is 9. The van der Waals surface area contributed by atoms with E-state index in [4.69, 9.17) is 23.6 Å². The zero-order valence-corrected chi connectivity index (χ0v) is 38.2. The predicted molar refractivity (Wildman–Crippen MR) is 247 cm³/mol. The Labute approximate surface area is 362 Å². The van der Waals surface area contributed by atoms with Gasteiger partial charge in [-0.3, -0.25) is 28.8 Å². The Morgan fingerprint density at radius 3 is 1.38 bits per heavy atom. The van der Waals surface area contributed by atoms with Gasteiger partial charge >= 0.3 is 40.3 Å². The van der Waals surface area contributed by atoms with Crippen LogP contribution in [0, 0.1) is 24.0 Å². The van der Waals surface area contributed by atoms with Crippen molar-refractivity contribution in [2.45, 2.75) is 43.7 Å². The van der Waals surface area contributed by atoms with E-state index in [9.17, 15) is 19.7 Å². The molecule has 0 aliphatic heterocycles. The molecule has 0 spiro atoms. The molecule has 0 aliphatic carbocycles. The summed E-state index contributed by atoms with van der Waals surface area (Å²) in [4.78, 5) is 48.6. The summed E-state index contributed by atoms with van der Waals surface area (Å²) in [6.07, 6.45) is 1.31. The summed E-state index contributed by atoms with van der Waals surface area (Å²) in [5.41, 5.74) is 11.5. The summed E-state index contributed by atoms with van der Waals surface area (Å²) in [6, 6.07) is 49.1. The third-order valence-corrected chi connectivity index (χ3v) is 9.91. The molecule has 0 aliphatic rings. The number of benzene rings is 6. The molecule has 2 aromatic heterocycles. The number of nitrogens with zero attached hydrogens (tertiary/aromatic N) is 5. The molecule has 8 rings (SSSR count). The van der Waals surface area contributed by atoms with E-state index in [1.807, 2.05) is 109 Å². The molecule has 304 valence electrons. The molecule has 0 fully saturated rings. The number of hydrogen-bond donors (Lipinski definition) is 1. The number of hydrogen-bond acceptors (Lipinski definition) is 7. The first-order chi connectivity index (χ1) is 28.9. The molecule has 13 heteroatoms. The molecule has 2 atom stereocenters. The Hall–Kier alpha value is -5.82. The maximum atomic E-state index is 13.4. The Kier molecular flexibility index (Phi) is 14.9. The van der Waals surface area contributed by atoms with Gasteiger partial charge in [0.05, 0.1) is 38.8 Å². The van der Waals surface area contributed by atoms with Crippen LogP contribution in [0.2, 0.25) is 4.94 Å². The number of aryl methyl sites for hydroxylation is 2. The molecular weight excluding hydrogens is 902 g/mol. The summed E-state index contributed by atoms with van der Waals surface area (Å²) < 4.78 is 3.44. The van der Waals surface area contributed by atoms with Crippen LogP contribution in [-0.4, -0.2) is 41.5 Å². The third kappa shape index (κ3) is 10.9. The number of nitro benzene ring substituents is 1. The van der Waals surface area contributed by atoms with Crippen LogP contribution in [0.15, 0.2) is 167 Å². The molecule has 0 radical (unpaired) electrons. The van der Waals surface area contributed by atoms with Crippen molar-refractivity contribution in [2.75, 3.05) is 5.73 Å². The van der Waals surface area contributed by atoms with E-state index in [1.165, 1.54) is 23.8 Å². The van der Waals surface area contributed by atoms with Crippen LogP contribution in [0.5, 0.6) is 0 Å². The van der Waals surface area contributed by atoms with E-state index in [-0.39, 0.29) is 34.3 Å². The molecule has 0 bridgehead atoms. The molecular formula is C47H44Cl2N6O4Sn. The standard InChI is InChI=1S/C23H19N3O3.C23H21N3O.CH3.2ClH.Sn.H/c1-16-24-21-13-12-19(26(28)29)15-20(21)23(27)25(16)22(18-10-6-3-7-11-18)14-17-8-4-2-5-9-17;1-16-25-21-13-12-19(24)15-20(21)23(27)26(16)22(18-10-6-3-7-11-18)14-17-8-4-2-5-9-17;;;;;/h2-13,15,22H,14H2,1H3;2-13,15,22H,14,24H2,1H3;1H3;2*1H;;/q;;;;;+2;/p-2. The number of nitrogen functional groups attached to an aromatic ring is 1. The first-order valence-electron chi connectivity index (χ1n) is 19.3. The van der Waals surface area contributed by atoms with Gasteiger partial charge in [0, 0.05) is 17.8 Å². The Morgan fingerprint density at radius 1 is 0.617 bits per heavy atom. The predicted octanol–water partition coefficient (Wildman–Crippen LogP) is 9.88. The summed E-state index contributed by atoms with van der Waals surface area (Å²) >= 11 is -1.69. The van der Waals surface area contributed by atoms with Crippen molar-refractivity contribution >= 4 is 68.5 Å². The number of non-ortho nitro benzene ring substituents is 1. The van der Waals surface area contributed by atoms with Gasteiger partial charge in [0.1, 0.15) is 11.6 Å². The topological polar surface area (TPSA) is 139 Å². The van der Waals surface area contributed by atoms with Crippen LogP contribution in [0.1, 0.15) is 46.0 Å². The second-order valence-corrected chi connectivity index (χ2v) is 27.4.